The molecule has 0 spiro atoms. The van der Waals surface area contributed by atoms with Crippen LogP contribution in [0.5, 0.6) is 0 Å². The molecule has 0 radical (unpaired) electrons. The van der Waals surface area contributed by atoms with Gasteiger partial charge in [-0.1, -0.05) is 12.8 Å². The van der Waals surface area contributed by atoms with Gasteiger partial charge in [-0.25, -0.2) is 0 Å². The quantitative estimate of drug-likeness (QED) is 0.380. The van der Waals surface area contributed by atoms with Crippen LogP contribution in [-0.2, 0) is 0 Å². The van der Waals surface area contributed by atoms with Gasteiger partial charge in [0.25, 0.3) is 0 Å². The molecule has 5 nitrogen and oxygen atoms in total. The maximum Gasteiger partial charge on any atom is 0.193 e. The van der Waals surface area contributed by atoms with Crippen LogP contribution in [-0.4, -0.2) is 86.1 Å². The third-order valence-electron chi connectivity index (χ3n) is 6.48. The van der Waals surface area contributed by atoms with Crippen LogP contribution in [0.4, 0.5) is 0 Å². The summed E-state index contributed by atoms with van der Waals surface area (Å²) in [6, 6.07) is 0. The van der Waals surface area contributed by atoms with Gasteiger partial charge in [0, 0.05) is 32.7 Å². The third-order valence-corrected chi connectivity index (χ3v) is 6.48. The summed E-state index contributed by atoms with van der Waals surface area (Å²) >= 11 is 0. The van der Waals surface area contributed by atoms with Gasteiger partial charge in [-0.15, -0.1) is 0 Å². The Bertz CT molecular complexity index is 426. The number of hydrogen-bond acceptors (Lipinski definition) is 3. The van der Waals surface area contributed by atoms with E-state index in [0.29, 0.717) is 0 Å². The standard InChI is InChI=1S/C22H43N5/c1-2-23-22(24-12-5-3-6-13-25-14-7-4-8-15-25)27-18-11-21(20-27)19-26-16-9-10-17-26/h21H,2-20H2,1H3,(H,23,24). The molecule has 3 aliphatic heterocycles. The van der Waals surface area contributed by atoms with E-state index in [-0.39, 0.29) is 0 Å². The van der Waals surface area contributed by atoms with Crippen LogP contribution in [0.25, 0.3) is 0 Å². The zero-order valence-corrected chi connectivity index (χ0v) is 17.8. The molecule has 1 unspecified atom stereocenters. The summed E-state index contributed by atoms with van der Waals surface area (Å²) in [4.78, 5) is 12.8. The Morgan fingerprint density at radius 3 is 2.41 bits per heavy atom. The molecule has 0 amide bonds. The van der Waals surface area contributed by atoms with Crippen molar-refractivity contribution in [2.75, 3.05) is 65.4 Å². The highest BCUT2D eigenvalue weighted by molar-refractivity contribution is 5.80. The smallest absolute Gasteiger partial charge is 0.193 e. The van der Waals surface area contributed by atoms with E-state index in [9.17, 15) is 0 Å². The molecule has 0 aromatic heterocycles. The van der Waals surface area contributed by atoms with Gasteiger partial charge in [0.05, 0.1) is 0 Å². The Labute approximate surface area is 167 Å². The Morgan fingerprint density at radius 2 is 1.63 bits per heavy atom. The minimum atomic E-state index is 0.830. The van der Waals surface area contributed by atoms with E-state index in [0.717, 1.165) is 25.0 Å². The third kappa shape index (κ3) is 7.26. The van der Waals surface area contributed by atoms with Crippen molar-refractivity contribution in [2.45, 2.75) is 64.7 Å². The highest BCUT2D eigenvalue weighted by Gasteiger charge is 2.27. The Hall–Kier alpha value is -0.810. The summed E-state index contributed by atoms with van der Waals surface area (Å²) in [6.07, 6.45) is 12.3. The summed E-state index contributed by atoms with van der Waals surface area (Å²) in [5.74, 6) is 1.99. The summed E-state index contributed by atoms with van der Waals surface area (Å²) < 4.78 is 0. The van der Waals surface area contributed by atoms with E-state index in [1.807, 2.05) is 0 Å². The first-order valence-electron chi connectivity index (χ1n) is 11.8. The largest absolute Gasteiger partial charge is 0.357 e. The fraction of sp³-hybridized carbons (Fsp3) is 0.955. The van der Waals surface area contributed by atoms with Gasteiger partial charge in [-0.05, 0) is 90.5 Å². The topological polar surface area (TPSA) is 34.1 Å². The number of nitrogens with zero attached hydrogens (tertiary/aromatic N) is 4. The fourth-order valence-corrected chi connectivity index (χ4v) is 4.92. The van der Waals surface area contributed by atoms with E-state index in [2.05, 4.69) is 26.9 Å². The van der Waals surface area contributed by atoms with Crippen molar-refractivity contribution in [3.05, 3.63) is 0 Å². The van der Waals surface area contributed by atoms with E-state index >= 15 is 0 Å². The predicted molar refractivity (Wildman–Crippen MR) is 115 cm³/mol. The van der Waals surface area contributed by atoms with E-state index in [4.69, 9.17) is 4.99 Å². The first kappa shape index (κ1) is 20.9. The number of unbranched alkanes of at least 4 members (excludes halogenated alkanes) is 2. The van der Waals surface area contributed by atoms with Gasteiger partial charge >= 0.3 is 0 Å². The summed E-state index contributed by atoms with van der Waals surface area (Å²) in [6.45, 7) is 14.4. The second-order valence-corrected chi connectivity index (χ2v) is 8.81. The average Bonchev–Trinajstić information content (AvgIpc) is 3.37. The maximum atomic E-state index is 4.95. The van der Waals surface area contributed by atoms with Gasteiger partial charge in [0.1, 0.15) is 0 Å². The molecule has 27 heavy (non-hydrogen) atoms. The molecule has 3 fully saturated rings. The van der Waals surface area contributed by atoms with Gasteiger partial charge in [0.15, 0.2) is 5.96 Å². The first-order valence-corrected chi connectivity index (χ1v) is 11.8. The van der Waals surface area contributed by atoms with Crippen LogP contribution < -0.4 is 5.32 Å². The van der Waals surface area contributed by atoms with Crippen molar-refractivity contribution >= 4 is 5.96 Å². The van der Waals surface area contributed by atoms with Crippen LogP contribution >= 0.6 is 0 Å². The first-order chi connectivity index (χ1) is 13.3. The Kier molecular flexibility index (Phi) is 9.22. The Morgan fingerprint density at radius 1 is 0.889 bits per heavy atom. The lowest BCUT2D eigenvalue weighted by molar-refractivity contribution is 0.224. The van der Waals surface area contributed by atoms with Crippen molar-refractivity contribution in [3.63, 3.8) is 0 Å². The van der Waals surface area contributed by atoms with Gasteiger partial charge < -0.3 is 20.0 Å². The van der Waals surface area contributed by atoms with Crippen LogP contribution in [0, 0.1) is 5.92 Å². The lowest BCUT2D eigenvalue weighted by Crippen LogP contribution is -2.40. The molecular formula is C22H43N5. The Balaban J connectivity index is 1.32. The van der Waals surface area contributed by atoms with E-state index < -0.39 is 0 Å². The molecular weight excluding hydrogens is 334 g/mol. The number of hydrogen-bond donors (Lipinski definition) is 1. The lowest BCUT2D eigenvalue weighted by atomic mass is 10.1. The van der Waals surface area contributed by atoms with Crippen molar-refractivity contribution in [3.8, 4) is 0 Å². The molecule has 3 heterocycles. The minimum absolute atomic E-state index is 0.830. The number of piperidine rings is 1. The molecule has 3 saturated heterocycles. The summed E-state index contributed by atoms with van der Waals surface area (Å²) in [7, 11) is 0. The molecule has 0 bridgehead atoms. The highest BCUT2D eigenvalue weighted by Crippen LogP contribution is 2.20. The van der Waals surface area contributed by atoms with E-state index in [1.54, 1.807) is 0 Å². The van der Waals surface area contributed by atoms with Gasteiger partial charge in [-0.2, -0.15) is 0 Å². The van der Waals surface area contributed by atoms with Crippen molar-refractivity contribution < 1.29 is 0 Å². The number of rotatable bonds is 9. The van der Waals surface area contributed by atoms with Gasteiger partial charge in [-0.3, -0.25) is 4.99 Å². The molecule has 0 aromatic rings. The van der Waals surface area contributed by atoms with Crippen molar-refractivity contribution in [2.24, 2.45) is 10.9 Å². The molecule has 0 aliphatic carbocycles. The lowest BCUT2D eigenvalue weighted by Gasteiger charge is -2.26. The van der Waals surface area contributed by atoms with Crippen molar-refractivity contribution in [1.29, 1.82) is 0 Å². The second-order valence-electron chi connectivity index (χ2n) is 8.81. The van der Waals surface area contributed by atoms with Crippen molar-refractivity contribution in [1.82, 2.24) is 20.0 Å². The zero-order valence-electron chi connectivity index (χ0n) is 17.8. The molecule has 156 valence electrons. The van der Waals surface area contributed by atoms with Gasteiger partial charge in [0.2, 0.25) is 0 Å². The fourth-order valence-electron chi connectivity index (χ4n) is 4.92. The monoisotopic (exact) mass is 377 g/mol. The summed E-state index contributed by atoms with van der Waals surface area (Å²) in [5.41, 5.74) is 0. The number of nitrogens with one attached hydrogen (secondary N) is 1. The van der Waals surface area contributed by atoms with E-state index in [1.165, 1.54) is 110 Å². The number of guanidine groups is 1. The zero-order chi connectivity index (χ0) is 18.7. The summed E-state index contributed by atoms with van der Waals surface area (Å²) in [5, 5.41) is 3.54. The predicted octanol–water partition coefficient (Wildman–Crippen LogP) is 3.03. The molecule has 0 saturated carbocycles. The molecule has 5 heteroatoms. The minimum Gasteiger partial charge on any atom is -0.357 e. The molecule has 1 atom stereocenters. The molecule has 3 aliphatic rings. The molecule has 3 rings (SSSR count). The van der Waals surface area contributed by atoms with Crippen LogP contribution in [0.3, 0.4) is 0 Å². The second kappa shape index (κ2) is 11.9. The SMILES string of the molecule is CCNC(=NCCCCCN1CCCCC1)N1CCC(CN2CCCC2)C1. The van der Waals surface area contributed by atoms with Crippen LogP contribution in [0.2, 0.25) is 0 Å². The normalized spacial score (nSPS) is 25.4. The van der Waals surface area contributed by atoms with Crippen LogP contribution in [0.15, 0.2) is 4.99 Å². The maximum absolute atomic E-state index is 4.95. The molecule has 0 aromatic carbocycles. The van der Waals surface area contributed by atoms with Crippen LogP contribution in [0.1, 0.15) is 64.7 Å². The number of aliphatic imine (C=N–C) groups is 1. The average molecular weight is 378 g/mol. The number of likely N-dealkylation sites (tertiary alicyclic amines) is 3. The highest BCUT2D eigenvalue weighted by atomic mass is 15.3. The molecule has 1 N–H and O–H groups in total.